The van der Waals surface area contributed by atoms with Crippen molar-refractivity contribution in [2.24, 2.45) is 0 Å². The van der Waals surface area contributed by atoms with Gasteiger partial charge in [-0.3, -0.25) is 9.59 Å². The molecule has 0 aliphatic carbocycles. The molecule has 0 saturated carbocycles. The molecule has 1 fully saturated rings. The maximum atomic E-state index is 12.8. The molecule has 7 heteroatoms. The molecule has 3 N–H and O–H groups in total. The van der Waals surface area contributed by atoms with Crippen LogP contribution in [0.25, 0.3) is 5.76 Å². The lowest BCUT2D eigenvalue weighted by Gasteiger charge is -2.26. The minimum Gasteiger partial charge on any atom is -0.507 e. The molecule has 2 aromatic carbocycles. The highest BCUT2D eigenvalue weighted by atomic mass is 16.5. The number of aryl methyl sites for hydroxylation is 1. The van der Waals surface area contributed by atoms with E-state index in [1.54, 1.807) is 30.3 Å². The van der Waals surface area contributed by atoms with E-state index in [1.165, 1.54) is 31.1 Å². The van der Waals surface area contributed by atoms with Gasteiger partial charge in [0.2, 0.25) is 0 Å². The van der Waals surface area contributed by atoms with Crippen LogP contribution in [0.3, 0.4) is 0 Å². The molecule has 2 atom stereocenters. The van der Waals surface area contributed by atoms with Crippen LogP contribution in [0.1, 0.15) is 29.7 Å². The number of aromatic hydroxyl groups is 1. The Hall–Kier alpha value is -3.32. The Kier molecular flexibility index (Phi) is 5.61. The zero-order valence-corrected chi connectivity index (χ0v) is 16.4. The zero-order valence-electron chi connectivity index (χ0n) is 16.4. The Morgan fingerprint density at radius 2 is 1.83 bits per heavy atom. The number of Topliss-reactive ketones (excluding diaryl/α,β-unsaturated/α-hetero) is 1. The van der Waals surface area contributed by atoms with Gasteiger partial charge in [-0.15, -0.1) is 0 Å². The Bertz CT molecular complexity index is 977. The van der Waals surface area contributed by atoms with E-state index in [0.29, 0.717) is 11.1 Å². The molecule has 1 heterocycles. The first-order valence-corrected chi connectivity index (χ1v) is 9.15. The minimum absolute atomic E-state index is 0.0766. The van der Waals surface area contributed by atoms with Gasteiger partial charge in [-0.05, 0) is 31.5 Å². The summed E-state index contributed by atoms with van der Waals surface area (Å²) < 4.78 is 5.14. The molecule has 1 aliphatic heterocycles. The quantitative estimate of drug-likeness (QED) is 0.407. The van der Waals surface area contributed by atoms with Gasteiger partial charge in [0.15, 0.2) is 11.5 Å². The number of benzene rings is 2. The van der Waals surface area contributed by atoms with Crippen molar-refractivity contribution in [1.29, 1.82) is 0 Å². The molecule has 1 saturated heterocycles. The van der Waals surface area contributed by atoms with Gasteiger partial charge in [0.25, 0.3) is 11.7 Å². The third-order valence-corrected chi connectivity index (χ3v) is 4.85. The standard InChI is InChI=1S/C22H23NO6/c1-12-4-6-14(7-5-12)20(26)18-19(15-8-9-16(25)17(10-15)29-3)23(11-13(2)24)22(28)21(18)27/h4-10,13,19,24-26H,11H2,1-3H3/t13-,19-/m1/s1. The van der Waals surface area contributed by atoms with E-state index >= 15 is 0 Å². The van der Waals surface area contributed by atoms with Gasteiger partial charge in [-0.2, -0.15) is 0 Å². The summed E-state index contributed by atoms with van der Waals surface area (Å²) in [4.78, 5) is 26.7. The van der Waals surface area contributed by atoms with E-state index in [9.17, 15) is 24.9 Å². The van der Waals surface area contributed by atoms with Crippen LogP contribution in [0.15, 0.2) is 48.0 Å². The first kappa shape index (κ1) is 20.4. The number of amides is 1. The van der Waals surface area contributed by atoms with Crippen molar-refractivity contribution in [1.82, 2.24) is 4.90 Å². The molecule has 0 spiro atoms. The monoisotopic (exact) mass is 397 g/mol. The van der Waals surface area contributed by atoms with Gasteiger partial charge in [0, 0.05) is 12.1 Å². The Morgan fingerprint density at radius 3 is 2.41 bits per heavy atom. The van der Waals surface area contributed by atoms with Gasteiger partial charge in [0.1, 0.15) is 5.76 Å². The Morgan fingerprint density at radius 1 is 1.17 bits per heavy atom. The molecule has 2 aromatic rings. The minimum atomic E-state index is -0.930. The molecule has 1 aliphatic rings. The van der Waals surface area contributed by atoms with Crippen molar-refractivity contribution < 1.29 is 29.6 Å². The average molecular weight is 397 g/mol. The molecule has 7 nitrogen and oxygen atoms in total. The van der Waals surface area contributed by atoms with Crippen molar-refractivity contribution >= 4 is 17.4 Å². The molecule has 152 valence electrons. The van der Waals surface area contributed by atoms with Crippen LogP contribution >= 0.6 is 0 Å². The fraction of sp³-hybridized carbons (Fsp3) is 0.273. The molecular formula is C22H23NO6. The first-order valence-electron chi connectivity index (χ1n) is 9.15. The number of phenols is 1. The van der Waals surface area contributed by atoms with Crippen molar-refractivity contribution in [2.45, 2.75) is 26.0 Å². The number of ether oxygens (including phenoxy) is 1. The van der Waals surface area contributed by atoms with Gasteiger partial charge < -0.3 is 25.0 Å². The molecular weight excluding hydrogens is 374 g/mol. The summed E-state index contributed by atoms with van der Waals surface area (Å²) in [5.41, 5.74) is 1.78. The van der Waals surface area contributed by atoms with Crippen LogP contribution in [0.2, 0.25) is 0 Å². The van der Waals surface area contributed by atoms with Crippen LogP contribution in [-0.2, 0) is 9.59 Å². The summed E-state index contributed by atoms with van der Waals surface area (Å²) in [6, 6.07) is 10.4. The second kappa shape index (κ2) is 7.97. The Labute approximate surface area is 168 Å². The van der Waals surface area contributed by atoms with Crippen molar-refractivity contribution in [3.63, 3.8) is 0 Å². The molecule has 3 rings (SSSR count). The summed E-state index contributed by atoms with van der Waals surface area (Å²) in [6.07, 6.45) is -0.880. The smallest absolute Gasteiger partial charge is 0.295 e. The maximum absolute atomic E-state index is 12.8. The number of ketones is 1. The van der Waals surface area contributed by atoms with Gasteiger partial charge in [0.05, 0.1) is 24.8 Å². The number of aliphatic hydroxyl groups excluding tert-OH is 2. The zero-order chi connectivity index (χ0) is 21.3. The number of methoxy groups -OCH3 is 1. The number of rotatable bonds is 5. The third kappa shape index (κ3) is 3.82. The number of hydrogen-bond donors (Lipinski definition) is 3. The number of carbonyl (C=O) groups excluding carboxylic acids is 2. The predicted octanol–water partition coefficient (Wildman–Crippen LogP) is 2.51. The summed E-state index contributed by atoms with van der Waals surface area (Å²) in [7, 11) is 1.39. The summed E-state index contributed by atoms with van der Waals surface area (Å²) >= 11 is 0. The number of carbonyl (C=O) groups is 2. The van der Waals surface area contributed by atoms with E-state index in [4.69, 9.17) is 4.74 Å². The van der Waals surface area contributed by atoms with E-state index in [2.05, 4.69) is 0 Å². The van der Waals surface area contributed by atoms with Gasteiger partial charge >= 0.3 is 0 Å². The van der Waals surface area contributed by atoms with Gasteiger partial charge in [-0.25, -0.2) is 0 Å². The second-order valence-corrected chi connectivity index (χ2v) is 7.10. The van der Waals surface area contributed by atoms with Gasteiger partial charge in [-0.1, -0.05) is 35.9 Å². The van der Waals surface area contributed by atoms with E-state index < -0.39 is 23.8 Å². The summed E-state index contributed by atoms with van der Waals surface area (Å²) in [5.74, 6) is -1.87. The lowest BCUT2D eigenvalue weighted by atomic mass is 9.94. The van der Waals surface area contributed by atoms with Crippen LogP contribution in [-0.4, -0.2) is 51.7 Å². The third-order valence-electron chi connectivity index (χ3n) is 4.85. The normalized spacial score (nSPS) is 19.4. The van der Waals surface area contributed by atoms with E-state index in [0.717, 1.165) is 5.56 Å². The van der Waals surface area contributed by atoms with E-state index in [-0.39, 0.29) is 29.4 Å². The predicted molar refractivity (Wildman–Crippen MR) is 107 cm³/mol. The molecule has 0 aromatic heterocycles. The highest BCUT2D eigenvalue weighted by molar-refractivity contribution is 6.46. The molecule has 29 heavy (non-hydrogen) atoms. The molecule has 0 radical (unpaired) electrons. The summed E-state index contributed by atoms with van der Waals surface area (Å²) in [5, 5.41) is 30.6. The fourth-order valence-electron chi connectivity index (χ4n) is 3.43. The van der Waals surface area contributed by atoms with Crippen molar-refractivity contribution in [3.05, 3.63) is 64.7 Å². The first-order chi connectivity index (χ1) is 13.7. The Balaban J connectivity index is 2.21. The topological polar surface area (TPSA) is 107 Å². The number of β-amino-alcohol motifs (C(OH)–C–C–N with tert-alkyl or cyclic N) is 1. The fourth-order valence-corrected chi connectivity index (χ4v) is 3.43. The SMILES string of the molecule is COc1cc([C@@H]2C(=C(O)c3ccc(C)cc3)C(=O)C(=O)N2C[C@@H](C)O)ccc1O. The lowest BCUT2D eigenvalue weighted by molar-refractivity contribution is -0.140. The number of aliphatic hydroxyl groups is 2. The van der Waals surface area contributed by atoms with E-state index in [1.807, 2.05) is 6.92 Å². The number of hydrogen-bond acceptors (Lipinski definition) is 6. The van der Waals surface area contributed by atoms with Crippen molar-refractivity contribution in [3.8, 4) is 11.5 Å². The number of phenolic OH excluding ortho intramolecular Hbond substituents is 1. The molecule has 0 unspecified atom stereocenters. The van der Waals surface area contributed by atoms with Crippen LogP contribution in [0.4, 0.5) is 0 Å². The van der Waals surface area contributed by atoms with Crippen LogP contribution < -0.4 is 4.74 Å². The average Bonchev–Trinajstić information content (AvgIpc) is 2.93. The molecule has 0 bridgehead atoms. The largest absolute Gasteiger partial charge is 0.507 e. The second-order valence-electron chi connectivity index (χ2n) is 7.10. The highest BCUT2D eigenvalue weighted by Crippen LogP contribution is 2.41. The number of nitrogens with zero attached hydrogens (tertiary/aromatic N) is 1. The maximum Gasteiger partial charge on any atom is 0.295 e. The number of likely N-dealkylation sites (tertiary alicyclic amines) is 1. The molecule has 1 amide bonds. The van der Waals surface area contributed by atoms with Crippen LogP contribution in [0, 0.1) is 6.92 Å². The van der Waals surface area contributed by atoms with Crippen LogP contribution in [0.5, 0.6) is 11.5 Å². The summed E-state index contributed by atoms with van der Waals surface area (Å²) in [6.45, 7) is 3.31. The highest BCUT2D eigenvalue weighted by Gasteiger charge is 2.46. The van der Waals surface area contributed by atoms with Crippen molar-refractivity contribution in [2.75, 3.05) is 13.7 Å². The lowest BCUT2D eigenvalue weighted by Crippen LogP contribution is -2.35.